The minimum atomic E-state index is 0.831. The van der Waals surface area contributed by atoms with Crippen molar-refractivity contribution < 1.29 is 4.42 Å². The fourth-order valence-corrected chi connectivity index (χ4v) is 2.57. The SMILES string of the molecule is Cc1ccccc1CNCc1c(C)oc2ccccc12. The molecule has 0 aliphatic carbocycles. The topological polar surface area (TPSA) is 25.2 Å². The highest BCUT2D eigenvalue weighted by atomic mass is 16.3. The summed E-state index contributed by atoms with van der Waals surface area (Å²) in [5.74, 6) is 1.00. The number of fused-ring (bicyclic) bond motifs is 1. The minimum Gasteiger partial charge on any atom is -0.461 e. The first kappa shape index (κ1) is 12.9. The smallest absolute Gasteiger partial charge is 0.134 e. The molecular weight excluding hydrogens is 246 g/mol. The number of hydrogen-bond acceptors (Lipinski definition) is 2. The summed E-state index contributed by atoms with van der Waals surface area (Å²) in [5.41, 5.74) is 4.90. The maximum Gasteiger partial charge on any atom is 0.134 e. The maximum atomic E-state index is 5.79. The fourth-order valence-electron chi connectivity index (χ4n) is 2.57. The molecule has 0 fully saturated rings. The summed E-state index contributed by atoms with van der Waals surface area (Å²) in [6.45, 7) is 5.89. The average Bonchev–Trinajstić information content (AvgIpc) is 2.77. The lowest BCUT2D eigenvalue weighted by atomic mass is 10.1. The van der Waals surface area contributed by atoms with Crippen LogP contribution in [-0.4, -0.2) is 0 Å². The van der Waals surface area contributed by atoms with Gasteiger partial charge in [0.15, 0.2) is 0 Å². The van der Waals surface area contributed by atoms with Crippen molar-refractivity contribution in [3.8, 4) is 0 Å². The summed E-state index contributed by atoms with van der Waals surface area (Å²) in [6.07, 6.45) is 0. The summed E-state index contributed by atoms with van der Waals surface area (Å²) in [7, 11) is 0. The molecule has 2 heteroatoms. The van der Waals surface area contributed by atoms with Crippen LogP contribution in [0.25, 0.3) is 11.0 Å². The van der Waals surface area contributed by atoms with E-state index in [9.17, 15) is 0 Å². The molecule has 0 atom stereocenters. The molecule has 0 aliphatic heterocycles. The summed E-state index contributed by atoms with van der Waals surface area (Å²) < 4.78 is 5.79. The third-order valence-corrected chi connectivity index (χ3v) is 3.78. The molecule has 0 aliphatic rings. The molecule has 1 heterocycles. The first-order chi connectivity index (χ1) is 9.75. The van der Waals surface area contributed by atoms with E-state index in [1.54, 1.807) is 0 Å². The first-order valence-corrected chi connectivity index (χ1v) is 6.98. The molecule has 0 saturated heterocycles. The highest BCUT2D eigenvalue weighted by molar-refractivity contribution is 5.82. The van der Waals surface area contributed by atoms with E-state index in [0.29, 0.717) is 0 Å². The molecule has 20 heavy (non-hydrogen) atoms. The number of aryl methyl sites for hydroxylation is 2. The van der Waals surface area contributed by atoms with Gasteiger partial charge in [0.2, 0.25) is 0 Å². The number of furan rings is 1. The van der Waals surface area contributed by atoms with Crippen LogP contribution in [0.4, 0.5) is 0 Å². The lowest BCUT2D eigenvalue weighted by Gasteiger charge is -2.07. The number of hydrogen-bond donors (Lipinski definition) is 1. The van der Waals surface area contributed by atoms with E-state index >= 15 is 0 Å². The molecular formula is C18H19NO. The van der Waals surface area contributed by atoms with E-state index in [4.69, 9.17) is 4.42 Å². The van der Waals surface area contributed by atoms with Gasteiger partial charge in [0.05, 0.1) is 0 Å². The normalized spacial score (nSPS) is 11.1. The van der Waals surface area contributed by atoms with Gasteiger partial charge in [-0.2, -0.15) is 0 Å². The summed E-state index contributed by atoms with van der Waals surface area (Å²) in [5, 5.41) is 4.73. The number of para-hydroxylation sites is 1. The van der Waals surface area contributed by atoms with Crippen molar-refractivity contribution in [2.45, 2.75) is 26.9 Å². The van der Waals surface area contributed by atoms with Gasteiger partial charge in [-0.25, -0.2) is 0 Å². The fraction of sp³-hybridized carbons (Fsp3) is 0.222. The Balaban J connectivity index is 1.74. The lowest BCUT2D eigenvalue weighted by Crippen LogP contribution is -2.13. The molecule has 3 aromatic rings. The van der Waals surface area contributed by atoms with Crippen LogP contribution in [0.1, 0.15) is 22.5 Å². The summed E-state index contributed by atoms with van der Waals surface area (Å²) in [4.78, 5) is 0. The van der Waals surface area contributed by atoms with E-state index in [2.05, 4.69) is 48.6 Å². The van der Waals surface area contributed by atoms with Crippen molar-refractivity contribution in [1.82, 2.24) is 5.32 Å². The van der Waals surface area contributed by atoms with Crippen LogP contribution in [0.15, 0.2) is 52.9 Å². The van der Waals surface area contributed by atoms with Crippen LogP contribution in [0, 0.1) is 13.8 Å². The van der Waals surface area contributed by atoms with E-state index < -0.39 is 0 Å². The minimum absolute atomic E-state index is 0.831. The monoisotopic (exact) mass is 265 g/mol. The van der Waals surface area contributed by atoms with E-state index in [0.717, 1.165) is 24.4 Å². The highest BCUT2D eigenvalue weighted by Gasteiger charge is 2.09. The van der Waals surface area contributed by atoms with Crippen molar-refractivity contribution in [3.05, 3.63) is 71.0 Å². The molecule has 0 spiro atoms. The zero-order chi connectivity index (χ0) is 13.9. The van der Waals surface area contributed by atoms with Gasteiger partial charge in [-0.3, -0.25) is 0 Å². The second-order valence-corrected chi connectivity index (χ2v) is 5.16. The van der Waals surface area contributed by atoms with Crippen LogP contribution in [-0.2, 0) is 13.1 Å². The van der Waals surface area contributed by atoms with Gasteiger partial charge in [0, 0.05) is 24.0 Å². The molecule has 3 rings (SSSR count). The molecule has 102 valence electrons. The quantitative estimate of drug-likeness (QED) is 0.759. The average molecular weight is 265 g/mol. The Hall–Kier alpha value is -2.06. The van der Waals surface area contributed by atoms with Crippen LogP contribution in [0.5, 0.6) is 0 Å². The molecule has 0 saturated carbocycles. The van der Waals surface area contributed by atoms with Gasteiger partial charge < -0.3 is 9.73 Å². The zero-order valence-electron chi connectivity index (χ0n) is 11.9. The third-order valence-electron chi connectivity index (χ3n) is 3.78. The van der Waals surface area contributed by atoms with Crippen LogP contribution in [0.3, 0.4) is 0 Å². The van der Waals surface area contributed by atoms with Crippen molar-refractivity contribution in [2.24, 2.45) is 0 Å². The Morgan fingerprint density at radius 1 is 0.900 bits per heavy atom. The van der Waals surface area contributed by atoms with Gasteiger partial charge in [-0.05, 0) is 31.0 Å². The maximum absolute atomic E-state index is 5.79. The van der Waals surface area contributed by atoms with Crippen molar-refractivity contribution >= 4 is 11.0 Å². The Morgan fingerprint density at radius 3 is 2.50 bits per heavy atom. The number of nitrogens with one attached hydrogen (secondary N) is 1. The number of rotatable bonds is 4. The second-order valence-electron chi connectivity index (χ2n) is 5.16. The van der Waals surface area contributed by atoms with E-state index in [-0.39, 0.29) is 0 Å². The molecule has 0 amide bonds. The summed E-state index contributed by atoms with van der Waals surface area (Å²) >= 11 is 0. The van der Waals surface area contributed by atoms with Crippen molar-refractivity contribution in [1.29, 1.82) is 0 Å². The van der Waals surface area contributed by atoms with Crippen LogP contribution in [0.2, 0.25) is 0 Å². The Morgan fingerprint density at radius 2 is 1.65 bits per heavy atom. The van der Waals surface area contributed by atoms with Crippen LogP contribution < -0.4 is 5.32 Å². The van der Waals surface area contributed by atoms with E-state index in [1.165, 1.54) is 22.1 Å². The van der Waals surface area contributed by atoms with Crippen LogP contribution >= 0.6 is 0 Å². The zero-order valence-corrected chi connectivity index (χ0v) is 11.9. The Kier molecular flexibility index (Phi) is 3.57. The van der Waals surface area contributed by atoms with Gasteiger partial charge in [-0.15, -0.1) is 0 Å². The van der Waals surface area contributed by atoms with Gasteiger partial charge in [0.1, 0.15) is 11.3 Å². The van der Waals surface area contributed by atoms with Crippen molar-refractivity contribution in [3.63, 3.8) is 0 Å². The van der Waals surface area contributed by atoms with Gasteiger partial charge in [0.25, 0.3) is 0 Å². The third kappa shape index (κ3) is 2.47. The molecule has 1 aromatic heterocycles. The molecule has 1 N–H and O–H groups in total. The Bertz CT molecular complexity index is 727. The molecule has 0 unspecified atom stereocenters. The lowest BCUT2D eigenvalue weighted by molar-refractivity contribution is 0.565. The molecule has 0 radical (unpaired) electrons. The largest absolute Gasteiger partial charge is 0.461 e. The first-order valence-electron chi connectivity index (χ1n) is 6.98. The predicted octanol–water partition coefficient (Wildman–Crippen LogP) is 4.34. The molecule has 0 bridgehead atoms. The second kappa shape index (κ2) is 5.51. The molecule has 2 nitrogen and oxygen atoms in total. The standard InChI is InChI=1S/C18H19NO/c1-13-7-3-4-8-15(13)11-19-12-17-14(2)20-18-10-6-5-9-16(17)18/h3-10,19H,11-12H2,1-2H3. The highest BCUT2D eigenvalue weighted by Crippen LogP contribution is 2.25. The van der Waals surface area contributed by atoms with E-state index in [1.807, 2.05) is 19.1 Å². The molecule has 2 aromatic carbocycles. The predicted molar refractivity (Wildman–Crippen MR) is 82.7 cm³/mol. The van der Waals surface area contributed by atoms with Gasteiger partial charge >= 0.3 is 0 Å². The van der Waals surface area contributed by atoms with Crippen molar-refractivity contribution in [2.75, 3.05) is 0 Å². The number of benzene rings is 2. The van der Waals surface area contributed by atoms with Gasteiger partial charge in [-0.1, -0.05) is 42.5 Å². The Labute approximate surface area is 119 Å². The summed E-state index contributed by atoms with van der Waals surface area (Å²) in [6, 6.07) is 16.7.